The number of para-hydroxylation sites is 1. The number of carbonyl (C=O) groups excluding carboxylic acids is 2. The number of fused-ring (bicyclic) bond motifs is 1. The van der Waals surface area contributed by atoms with E-state index in [1.54, 1.807) is 48.5 Å². The molecule has 240 valence electrons. The fourth-order valence-corrected chi connectivity index (χ4v) is 6.75. The number of ether oxygens (including phenoxy) is 2. The van der Waals surface area contributed by atoms with Gasteiger partial charge in [0, 0.05) is 12.0 Å². The Bertz CT molecular complexity index is 1850. The van der Waals surface area contributed by atoms with Crippen molar-refractivity contribution in [2.75, 3.05) is 24.6 Å². The van der Waals surface area contributed by atoms with Crippen LogP contribution in [0.15, 0.2) is 95.9 Å². The molecule has 8 nitrogen and oxygen atoms in total. The maximum Gasteiger partial charge on any atom is 0.416 e. The Balaban J connectivity index is 1.30. The lowest BCUT2D eigenvalue weighted by atomic mass is 10.0. The van der Waals surface area contributed by atoms with Crippen molar-refractivity contribution in [2.45, 2.75) is 30.0 Å². The van der Waals surface area contributed by atoms with Crippen LogP contribution in [0.1, 0.15) is 16.7 Å². The van der Waals surface area contributed by atoms with Crippen LogP contribution in [-0.2, 0) is 43.4 Å². The van der Waals surface area contributed by atoms with Crippen molar-refractivity contribution in [1.29, 1.82) is 0 Å². The van der Waals surface area contributed by atoms with Crippen LogP contribution in [0.2, 0.25) is 0 Å². The average molecular weight is 657 g/mol. The number of methoxy groups -OCH3 is 1. The molecule has 13 heteroatoms. The number of sulfonamides is 1. The van der Waals surface area contributed by atoms with Crippen molar-refractivity contribution >= 4 is 27.6 Å². The van der Waals surface area contributed by atoms with Crippen molar-refractivity contribution in [3.05, 3.63) is 114 Å². The Morgan fingerprint density at radius 3 is 2.33 bits per heavy atom. The standard InChI is InChI=1S/C33H28F4N2O6S/c1-44-31(40)18-21-6-11-25(12-7-21)45-17-16-38-32(41)30-19-23-4-2-3-5-29(23)39(30)46(42,43)26-13-8-22(9-14-26)27-20-24(33(35,36)37)10-15-28(27)34/h2-15,20,30H,16-19H2,1H3,(H,38,41)/t30-/m0/s1. The first-order valence-electron chi connectivity index (χ1n) is 14.0. The fourth-order valence-electron chi connectivity index (χ4n) is 5.10. The maximum absolute atomic E-state index is 14.5. The van der Waals surface area contributed by atoms with Crippen LogP contribution in [0.25, 0.3) is 11.1 Å². The minimum absolute atomic E-state index is 0.0526. The monoisotopic (exact) mass is 656 g/mol. The van der Waals surface area contributed by atoms with Crippen molar-refractivity contribution in [2.24, 2.45) is 0 Å². The van der Waals surface area contributed by atoms with Crippen LogP contribution in [-0.4, -0.2) is 46.6 Å². The quantitative estimate of drug-likeness (QED) is 0.137. The van der Waals surface area contributed by atoms with Crippen molar-refractivity contribution in [3.63, 3.8) is 0 Å². The van der Waals surface area contributed by atoms with E-state index >= 15 is 0 Å². The Hall–Kier alpha value is -4.91. The average Bonchev–Trinajstić information content (AvgIpc) is 3.44. The van der Waals surface area contributed by atoms with E-state index in [9.17, 15) is 35.6 Å². The maximum atomic E-state index is 14.5. The molecular weight excluding hydrogens is 628 g/mol. The highest BCUT2D eigenvalue weighted by Gasteiger charge is 2.42. The van der Waals surface area contributed by atoms with E-state index in [0.717, 1.165) is 9.87 Å². The van der Waals surface area contributed by atoms with E-state index in [0.29, 0.717) is 35.2 Å². The lowest BCUT2D eigenvalue weighted by molar-refractivity contribution is -0.140. The predicted molar refractivity (Wildman–Crippen MR) is 161 cm³/mol. The first-order chi connectivity index (χ1) is 21.9. The topological polar surface area (TPSA) is 102 Å². The van der Waals surface area contributed by atoms with Crippen LogP contribution in [0.4, 0.5) is 23.2 Å². The Morgan fingerprint density at radius 1 is 0.957 bits per heavy atom. The number of hydrogen-bond donors (Lipinski definition) is 1. The zero-order valence-corrected chi connectivity index (χ0v) is 25.2. The summed E-state index contributed by atoms with van der Waals surface area (Å²) in [4.78, 5) is 24.5. The molecule has 1 heterocycles. The summed E-state index contributed by atoms with van der Waals surface area (Å²) in [5.41, 5.74) is 0.379. The molecule has 0 saturated heterocycles. The Kier molecular flexibility index (Phi) is 9.33. The number of carbonyl (C=O) groups is 2. The highest BCUT2D eigenvalue weighted by Crippen LogP contribution is 2.38. The van der Waals surface area contributed by atoms with Crippen LogP contribution in [0, 0.1) is 5.82 Å². The van der Waals surface area contributed by atoms with Gasteiger partial charge in [-0.2, -0.15) is 13.2 Å². The first kappa shape index (κ1) is 32.5. The molecule has 1 aliphatic rings. The van der Waals surface area contributed by atoms with E-state index in [1.807, 2.05) is 0 Å². The third-order valence-electron chi connectivity index (χ3n) is 7.41. The number of anilines is 1. The van der Waals surface area contributed by atoms with Crippen LogP contribution < -0.4 is 14.4 Å². The summed E-state index contributed by atoms with van der Waals surface area (Å²) in [5, 5.41) is 2.72. The van der Waals surface area contributed by atoms with Gasteiger partial charge in [-0.1, -0.05) is 42.5 Å². The van der Waals surface area contributed by atoms with E-state index in [1.165, 1.54) is 31.4 Å². The predicted octanol–water partition coefficient (Wildman–Crippen LogP) is 5.54. The first-order valence-corrected chi connectivity index (χ1v) is 15.5. The zero-order chi connectivity index (χ0) is 33.1. The Morgan fingerprint density at radius 2 is 1.65 bits per heavy atom. The lowest BCUT2D eigenvalue weighted by Gasteiger charge is -2.26. The molecule has 46 heavy (non-hydrogen) atoms. The minimum Gasteiger partial charge on any atom is -0.492 e. The summed E-state index contributed by atoms with van der Waals surface area (Å²) in [6, 6.07) is 19.1. The Labute approximate surface area is 262 Å². The fraction of sp³-hybridized carbons (Fsp3) is 0.212. The molecule has 1 N–H and O–H groups in total. The molecule has 0 aromatic heterocycles. The van der Waals surface area contributed by atoms with Crippen molar-refractivity contribution < 1.29 is 45.0 Å². The highest BCUT2D eigenvalue weighted by molar-refractivity contribution is 7.93. The van der Waals surface area contributed by atoms with E-state index in [2.05, 4.69) is 10.1 Å². The number of hydrogen-bond acceptors (Lipinski definition) is 6. The smallest absolute Gasteiger partial charge is 0.416 e. The van der Waals surface area contributed by atoms with Gasteiger partial charge in [-0.25, -0.2) is 12.8 Å². The second kappa shape index (κ2) is 13.2. The molecule has 0 fully saturated rings. The van der Waals surface area contributed by atoms with Gasteiger partial charge in [0.2, 0.25) is 5.91 Å². The van der Waals surface area contributed by atoms with E-state index in [-0.39, 0.29) is 48.0 Å². The normalized spacial score (nSPS) is 14.5. The number of alkyl halides is 3. The molecule has 5 rings (SSSR count). The van der Waals surface area contributed by atoms with Gasteiger partial charge >= 0.3 is 12.1 Å². The van der Waals surface area contributed by atoms with Crippen molar-refractivity contribution in [3.8, 4) is 16.9 Å². The molecular formula is C33H28F4N2O6S. The third kappa shape index (κ3) is 6.99. The van der Waals surface area contributed by atoms with Gasteiger partial charge in [-0.15, -0.1) is 0 Å². The van der Waals surface area contributed by atoms with Gasteiger partial charge < -0.3 is 14.8 Å². The van der Waals surface area contributed by atoms with E-state index in [4.69, 9.17) is 4.74 Å². The second-order valence-corrected chi connectivity index (χ2v) is 12.2. The van der Waals surface area contributed by atoms with Crippen LogP contribution in [0.5, 0.6) is 5.75 Å². The largest absolute Gasteiger partial charge is 0.492 e. The number of esters is 1. The molecule has 0 radical (unpaired) electrons. The molecule has 1 amide bonds. The highest BCUT2D eigenvalue weighted by atomic mass is 32.2. The molecule has 0 saturated carbocycles. The summed E-state index contributed by atoms with van der Waals surface area (Å²) in [5.74, 6) is -1.31. The summed E-state index contributed by atoms with van der Waals surface area (Å²) < 4.78 is 93.2. The molecule has 0 aliphatic carbocycles. The van der Waals surface area contributed by atoms with Gasteiger partial charge in [0.15, 0.2) is 0 Å². The number of rotatable bonds is 10. The van der Waals surface area contributed by atoms with E-state index < -0.39 is 39.5 Å². The lowest BCUT2D eigenvalue weighted by Crippen LogP contribution is -2.48. The van der Waals surface area contributed by atoms with Gasteiger partial charge in [0.05, 0.1) is 36.2 Å². The third-order valence-corrected chi connectivity index (χ3v) is 9.25. The molecule has 4 aromatic rings. The number of benzene rings is 4. The molecule has 4 aromatic carbocycles. The van der Waals surface area contributed by atoms with Crippen LogP contribution >= 0.6 is 0 Å². The SMILES string of the molecule is COC(=O)Cc1ccc(OCCNC(=O)[C@@H]2Cc3ccccc3N2S(=O)(=O)c2ccc(-c3cc(C(F)(F)F)ccc3F)cc2)cc1. The molecule has 1 atom stereocenters. The molecule has 0 spiro atoms. The second-order valence-electron chi connectivity index (χ2n) is 10.4. The number of nitrogens with one attached hydrogen (secondary N) is 1. The summed E-state index contributed by atoms with van der Waals surface area (Å²) in [6.07, 6.45) is -4.46. The number of amides is 1. The summed E-state index contributed by atoms with van der Waals surface area (Å²) in [7, 11) is -3.03. The summed E-state index contributed by atoms with van der Waals surface area (Å²) >= 11 is 0. The van der Waals surface area contributed by atoms with Crippen LogP contribution in [0.3, 0.4) is 0 Å². The number of nitrogens with zero attached hydrogens (tertiary/aromatic N) is 1. The zero-order valence-electron chi connectivity index (χ0n) is 24.4. The molecule has 0 bridgehead atoms. The molecule has 1 aliphatic heterocycles. The molecule has 0 unspecified atom stereocenters. The van der Waals surface area contributed by atoms with Crippen molar-refractivity contribution in [1.82, 2.24) is 5.32 Å². The minimum atomic E-state index is -4.69. The van der Waals surface area contributed by atoms with Gasteiger partial charge in [-0.05, 0) is 65.2 Å². The number of halogens is 4. The summed E-state index contributed by atoms with van der Waals surface area (Å²) in [6.45, 7) is 0.156. The van der Waals surface area contributed by atoms with Gasteiger partial charge in [0.25, 0.3) is 10.0 Å². The van der Waals surface area contributed by atoms with Gasteiger partial charge in [0.1, 0.15) is 24.2 Å². The van der Waals surface area contributed by atoms with Gasteiger partial charge in [-0.3, -0.25) is 13.9 Å².